The van der Waals surface area contributed by atoms with Crippen LogP contribution in [0.4, 0.5) is 5.69 Å². The van der Waals surface area contributed by atoms with Crippen LogP contribution in [0.25, 0.3) is 0 Å². The van der Waals surface area contributed by atoms with Gasteiger partial charge in [0.05, 0.1) is 0 Å². The molecule has 0 aromatic heterocycles. The van der Waals surface area contributed by atoms with Gasteiger partial charge >= 0.3 is 0 Å². The number of likely N-dealkylation sites (N-methyl/N-ethyl adjacent to an activating group) is 1. The summed E-state index contributed by atoms with van der Waals surface area (Å²) in [7, 11) is 0. The fraction of sp³-hybridized carbons (Fsp3) is 0.625. The average molecular weight is 248 g/mol. The number of nitrogens with zero attached hydrogens (tertiary/aromatic N) is 1. The van der Waals surface area contributed by atoms with Gasteiger partial charge in [-0.2, -0.15) is 0 Å². The molecule has 0 bridgehead atoms. The Morgan fingerprint density at radius 2 is 1.72 bits per heavy atom. The molecule has 2 nitrogen and oxygen atoms in total. The van der Waals surface area contributed by atoms with Crippen LogP contribution in [0.5, 0.6) is 0 Å². The largest absolute Gasteiger partial charge is 0.371 e. The lowest BCUT2D eigenvalue weighted by Gasteiger charge is -2.23. The molecule has 1 rings (SSSR count). The van der Waals surface area contributed by atoms with Crippen molar-refractivity contribution in [2.75, 3.05) is 31.1 Å². The molecule has 0 fully saturated rings. The van der Waals surface area contributed by atoms with Crippen LogP contribution < -0.4 is 10.2 Å². The molecule has 0 aliphatic carbocycles. The van der Waals surface area contributed by atoms with E-state index in [1.807, 2.05) is 0 Å². The smallest absolute Gasteiger partial charge is 0.0366 e. The lowest BCUT2D eigenvalue weighted by Crippen LogP contribution is -2.32. The second-order valence-corrected chi connectivity index (χ2v) is 4.87. The molecular formula is C16H28N2. The van der Waals surface area contributed by atoms with Crippen molar-refractivity contribution in [2.45, 2.75) is 40.0 Å². The predicted octanol–water partition coefficient (Wildman–Crippen LogP) is 3.60. The maximum absolute atomic E-state index is 3.52. The second kappa shape index (κ2) is 8.98. The summed E-state index contributed by atoms with van der Waals surface area (Å²) in [6, 6.07) is 8.81. The zero-order valence-electron chi connectivity index (χ0n) is 12.2. The normalized spacial score (nSPS) is 10.6. The lowest BCUT2D eigenvalue weighted by atomic mass is 10.2. The Kier molecular flexibility index (Phi) is 7.51. The zero-order valence-corrected chi connectivity index (χ0v) is 12.2. The standard InChI is InChI=1S/C16H28N2/c1-4-6-7-12-17-13-14-18(5-2)16-10-8-15(3)9-11-16/h8-11,17H,4-7,12-14H2,1-3H3. The van der Waals surface area contributed by atoms with E-state index in [-0.39, 0.29) is 0 Å². The van der Waals surface area contributed by atoms with Crippen LogP contribution in [0.2, 0.25) is 0 Å². The number of anilines is 1. The summed E-state index contributed by atoms with van der Waals surface area (Å²) in [6.07, 6.45) is 3.93. The van der Waals surface area contributed by atoms with Gasteiger partial charge in [-0.05, 0) is 38.9 Å². The van der Waals surface area contributed by atoms with E-state index in [4.69, 9.17) is 0 Å². The van der Waals surface area contributed by atoms with Gasteiger partial charge < -0.3 is 10.2 Å². The summed E-state index contributed by atoms with van der Waals surface area (Å²) in [5.41, 5.74) is 2.66. The van der Waals surface area contributed by atoms with Crippen molar-refractivity contribution in [2.24, 2.45) is 0 Å². The van der Waals surface area contributed by atoms with Crippen molar-refractivity contribution in [3.05, 3.63) is 29.8 Å². The monoisotopic (exact) mass is 248 g/mol. The highest BCUT2D eigenvalue weighted by molar-refractivity contribution is 5.47. The number of nitrogens with one attached hydrogen (secondary N) is 1. The van der Waals surface area contributed by atoms with Gasteiger partial charge in [-0.15, -0.1) is 0 Å². The first kappa shape index (κ1) is 15.0. The van der Waals surface area contributed by atoms with Gasteiger partial charge in [-0.3, -0.25) is 0 Å². The van der Waals surface area contributed by atoms with Crippen molar-refractivity contribution < 1.29 is 0 Å². The fourth-order valence-electron chi connectivity index (χ4n) is 2.06. The third-order valence-corrected chi connectivity index (χ3v) is 3.30. The summed E-state index contributed by atoms with van der Waals surface area (Å²) < 4.78 is 0. The van der Waals surface area contributed by atoms with Crippen LogP contribution >= 0.6 is 0 Å². The number of benzene rings is 1. The summed E-state index contributed by atoms with van der Waals surface area (Å²) in [5, 5.41) is 3.52. The average Bonchev–Trinajstić information content (AvgIpc) is 2.39. The Labute approximate surface area is 112 Å². The van der Waals surface area contributed by atoms with E-state index in [0.717, 1.165) is 26.2 Å². The lowest BCUT2D eigenvalue weighted by molar-refractivity contribution is 0.610. The van der Waals surface area contributed by atoms with Crippen LogP contribution in [-0.2, 0) is 0 Å². The molecule has 0 saturated heterocycles. The molecule has 0 heterocycles. The number of hydrogen-bond acceptors (Lipinski definition) is 2. The molecule has 0 radical (unpaired) electrons. The van der Waals surface area contributed by atoms with Crippen LogP contribution in [0, 0.1) is 6.92 Å². The molecule has 1 N–H and O–H groups in total. The van der Waals surface area contributed by atoms with E-state index in [2.05, 4.69) is 55.3 Å². The summed E-state index contributed by atoms with van der Waals surface area (Å²) in [4.78, 5) is 2.42. The molecule has 102 valence electrons. The van der Waals surface area contributed by atoms with Crippen LogP contribution in [0.3, 0.4) is 0 Å². The zero-order chi connectivity index (χ0) is 13.2. The molecular weight excluding hydrogens is 220 g/mol. The van der Waals surface area contributed by atoms with Crippen molar-refractivity contribution in [3.63, 3.8) is 0 Å². The van der Waals surface area contributed by atoms with Gasteiger partial charge in [-0.1, -0.05) is 37.5 Å². The highest BCUT2D eigenvalue weighted by Crippen LogP contribution is 2.14. The van der Waals surface area contributed by atoms with Crippen molar-refractivity contribution in [1.29, 1.82) is 0 Å². The van der Waals surface area contributed by atoms with Gasteiger partial charge in [0.2, 0.25) is 0 Å². The Morgan fingerprint density at radius 3 is 2.33 bits per heavy atom. The van der Waals surface area contributed by atoms with E-state index in [0.29, 0.717) is 0 Å². The first-order valence-electron chi connectivity index (χ1n) is 7.30. The van der Waals surface area contributed by atoms with E-state index < -0.39 is 0 Å². The minimum Gasteiger partial charge on any atom is -0.371 e. The van der Waals surface area contributed by atoms with Crippen LogP contribution in [0.15, 0.2) is 24.3 Å². The van der Waals surface area contributed by atoms with Gasteiger partial charge in [0.1, 0.15) is 0 Å². The molecule has 18 heavy (non-hydrogen) atoms. The fourth-order valence-corrected chi connectivity index (χ4v) is 2.06. The molecule has 0 atom stereocenters. The van der Waals surface area contributed by atoms with Crippen LogP contribution in [-0.4, -0.2) is 26.2 Å². The molecule has 2 heteroatoms. The molecule has 0 aliphatic rings. The number of aryl methyl sites for hydroxylation is 1. The highest BCUT2D eigenvalue weighted by atomic mass is 15.1. The number of hydrogen-bond donors (Lipinski definition) is 1. The van der Waals surface area contributed by atoms with Crippen molar-refractivity contribution >= 4 is 5.69 Å². The number of rotatable bonds is 9. The Bertz CT molecular complexity index is 305. The molecule has 0 amide bonds. The van der Waals surface area contributed by atoms with E-state index in [1.54, 1.807) is 0 Å². The van der Waals surface area contributed by atoms with Gasteiger partial charge in [0.15, 0.2) is 0 Å². The minimum atomic E-state index is 1.07. The Morgan fingerprint density at radius 1 is 1.00 bits per heavy atom. The highest BCUT2D eigenvalue weighted by Gasteiger charge is 2.02. The first-order valence-corrected chi connectivity index (χ1v) is 7.30. The van der Waals surface area contributed by atoms with Gasteiger partial charge in [0.25, 0.3) is 0 Å². The Balaban J connectivity index is 2.27. The molecule has 0 aliphatic heterocycles. The summed E-state index contributed by atoms with van der Waals surface area (Å²) in [6.45, 7) is 11.0. The van der Waals surface area contributed by atoms with Crippen molar-refractivity contribution in [1.82, 2.24) is 5.32 Å². The third kappa shape index (κ3) is 5.54. The summed E-state index contributed by atoms with van der Waals surface area (Å²) in [5.74, 6) is 0. The first-order chi connectivity index (χ1) is 8.77. The maximum atomic E-state index is 3.52. The van der Waals surface area contributed by atoms with E-state index in [1.165, 1.54) is 30.5 Å². The summed E-state index contributed by atoms with van der Waals surface area (Å²) >= 11 is 0. The molecule has 0 spiro atoms. The van der Waals surface area contributed by atoms with Crippen molar-refractivity contribution in [3.8, 4) is 0 Å². The molecule has 0 unspecified atom stereocenters. The van der Waals surface area contributed by atoms with E-state index in [9.17, 15) is 0 Å². The molecule has 1 aromatic carbocycles. The van der Waals surface area contributed by atoms with E-state index >= 15 is 0 Å². The SMILES string of the molecule is CCCCCNCCN(CC)c1ccc(C)cc1. The second-order valence-electron chi connectivity index (χ2n) is 4.87. The van der Waals surface area contributed by atoms with Gasteiger partial charge in [-0.25, -0.2) is 0 Å². The van der Waals surface area contributed by atoms with Gasteiger partial charge in [0, 0.05) is 25.3 Å². The number of unbranched alkanes of at least 4 members (excludes halogenated alkanes) is 2. The topological polar surface area (TPSA) is 15.3 Å². The van der Waals surface area contributed by atoms with Crippen LogP contribution in [0.1, 0.15) is 38.7 Å². The quantitative estimate of drug-likeness (QED) is 0.672. The Hall–Kier alpha value is -1.02. The molecule has 1 aromatic rings. The maximum Gasteiger partial charge on any atom is 0.0366 e. The predicted molar refractivity (Wildman–Crippen MR) is 81.5 cm³/mol. The third-order valence-electron chi connectivity index (χ3n) is 3.30. The minimum absolute atomic E-state index is 1.07. The molecule has 0 saturated carbocycles.